The maximum atomic E-state index is 11.5. The summed E-state index contributed by atoms with van der Waals surface area (Å²) in [6.07, 6.45) is 0.442. The summed E-state index contributed by atoms with van der Waals surface area (Å²) in [5.74, 6) is -0.161. The van der Waals surface area contributed by atoms with Crippen LogP contribution < -0.4 is 10.6 Å². The number of amides is 1. The largest absolute Gasteiger partial charge is 0.311 e. The number of nitrogens with two attached hydrogens (primary N) is 1. The Balaban J connectivity index is 2.39. The lowest BCUT2D eigenvalue weighted by molar-refractivity contribution is -0.116. The molecule has 74 valence electrons. The van der Waals surface area contributed by atoms with Gasteiger partial charge in [0.1, 0.15) is 5.88 Å². The van der Waals surface area contributed by atoms with Gasteiger partial charge in [0.05, 0.1) is 6.17 Å². The minimum atomic E-state index is -0.265. The monoisotopic (exact) mass is 210 g/mol. The van der Waals surface area contributed by atoms with Gasteiger partial charge >= 0.3 is 0 Å². The predicted molar refractivity (Wildman–Crippen MR) is 56.3 cm³/mol. The number of alkyl halides is 1. The van der Waals surface area contributed by atoms with E-state index in [0.717, 1.165) is 11.3 Å². The third-order valence-corrected chi connectivity index (χ3v) is 2.62. The van der Waals surface area contributed by atoms with E-state index in [1.165, 1.54) is 0 Å². The molecular weight excluding hydrogens is 200 g/mol. The number of benzene rings is 1. The van der Waals surface area contributed by atoms with Crippen LogP contribution in [0.3, 0.4) is 0 Å². The summed E-state index contributed by atoms with van der Waals surface area (Å²) in [6.45, 7) is 0. The molecule has 1 aromatic rings. The van der Waals surface area contributed by atoms with Gasteiger partial charge in [0.25, 0.3) is 0 Å². The third kappa shape index (κ3) is 1.38. The van der Waals surface area contributed by atoms with Gasteiger partial charge in [-0.25, -0.2) is 0 Å². The molecule has 0 fully saturated rings. The fraction of sp³-hybridized carbons (Fsp3) is 0.300. The molecule has 0 bridgehead atoms. The number of anilines is 1. The minimum absolute atomic E-state index is 0.0258. The summed E-state index contributed by atoms with van der Waals surface area (Å²) < 4.78 is 0. The number of carbonyl (C=O) groups excluding carboxylic acids is 1. The molecule has 1 aromatic carbocycles. The highest BCUT2D eigenvalue weighted by Crippen LogP contribution is 2.29. The van der Waals surface area contributed by atoms with Crippen molar-refractivity contribution in [1.82, 2.24) is 0 Å². The van der Waals surface area contributed by atoms with Gasteiger partial charge in [-0.1, -0.05) is 18.2 Å². The molecular formula is C10H11ClN2O. The van der Waals surface area contributed by atoms with E-state index in [1.54, 1.807) is 4.90 Å². The molecule has 1 heterocycles. The van der Waals surface area contributed by atoms with Crippen LogP contribution in [0.5, 0.6) is 0 Å². The van der Waals surface area contributed by atoms with E-state index in [-0.39, 0.29) is 18.0 Å². The van der Waals surface area contributed by atoms with Gasteiger partial charge in [0.15, 0.2) is 0 Å². The maximum absolute atomic E-state index is 11.5. The van der Waals surface area contributed by atoms with Crippen LogP contribution in [0.4, 0.5) is 5.69 Å². The first-order chi connectivity index (χ1) is 6.74. The lowest BCUT2D eigenvalue weighted by Gasteiger charge is -2.21. The van der Waals surface area contributed by atoms with Gasteiger partial charge in [0, 0.05) is 12.1 Å². The summed E-state index contributed by atoms with van der Waals surface area (Å²) in [7, 11) is 0. The molecule has 2 rings (SSSR count). The van der Waals surface area contributed by atoms with Crippen molar-refractivity contribution in [3.63, 3.8) is 0 Å². The summed E-state index contributed by atoms with van der Waals surface area (Å²) in [5, 5.41) is 0. The number of hydrogen-bond acceptors (Lipinski definition) is 2. The van der Waals surface area contributed by atoms with Crippen molar-refractivity contribution in [3.8, 4) is 0 Å². The summed E-state index contributed by atoms with van der Waals surface area (Å²) in [6, 6.07) is 7.72. The molecule has 0 radical (unpaired) electrons. The second kappa shape index (κ2) is 3.59. The van der Waals surface area contributed by atoms with Gasteiger partial charge in [-0.3, -0.25) is 9.69 Å². The van der Waals surface area contributed by atoms with Crippen LogP contribution in [-0.2, 0) is 11.2 Å². The Morgan fingerprint density at radius 3 is 3.00 bits per heavy atom. The number of carbonyl (C=O) groups is 1. The molecule has 1 unspecified atom stereocenters. The van der Waals surface area contributed by atoms with E-state index in [9.17, 15) is 4.79 Å². The second-order valence-electron chi connectivity index (χ2n) is 3.30. The first-order valence-electron chi connectivity index (χ1n) is 4.45. The molecule has 14 heavy (non-hydrogen) atoms. The Bertz CT molecular complexity index is 367. The smallest absolute Gasteiger partial charge is 0.243 e. The molecule has 1 aliphatic rings. The Hall–Kier alpha value is -1.06. The number of fused-ring (bicyclic) bond motifs is 1. The highest BCUT2D eigenvalue weighted by atomic mass is 35.5. The summed E-state index contributed by atoms with van der Waals surface area (Å²) in [4.78, 5) is 13.1. The molecule has 0 aliphatic carbocycles. The number of rotatable bonds is 1. The van der Waals surface area contributed by atoms with Crippen molar-refractivity contribution >= 4 is 23.2 Å². The zero-order valence-electron chi connectivity index (χ0n) is 7.61. The highest BCUT2D eigenvalue weighted by Gasteiger charge is 2.30. The van der Waals surface area contributed by atoms with Crippen LogP contribution in [0, 0.1) is 0 Å². The van der Waals surface area contributed by atoms with Crippen molar-refractivity contribution in [3.05, 3.63) is 29.8 Å². The normalized spacial score (nSPS) is 19.6. The Morgan fingerprint density at radius 1 is 1.57 bits per heavy atom. The van der Waals surface area contributed by atoms with Crippen LogP contribution in [-0.4, -0.2) is 18.0 Å². The van der Waals surface area contributed by atoms with Crippen molar-refractivity contribution in [1.29, 1.82) is 0 Å². The number of hydrogen-bond donors (Lipinski definition) is 1. The van der Waals surface area contributed by atoms with E-state index < -0.39 is 0 Å². The third-order valence-electron chi connectivity index (χ3n) is 2.39. The molecule has 1 amide bonds. The van der Waals surface area contributed by atoms with Crippen LogP contribution >= 0.6 is 11.6 Å². The van der Waals surface area contributed by atoms with Gasteiger partial charge in [0.2, 0.25) is 5.91 Å². The van der Waals surface area contributed by atoms with Gasteiger partial charge in [-0.05, 0) is 11.6 Å². The molecule has 1 aliphatic heterocycles. The van der Waals surface area contributed by atoms with Gasteiger partial charge in [-0.2, -0.15) is 0 Å². The van der Waals surface area contributed by atoms with Crippen LogP contribution in [0.2, 0.25) is 0 Å². The zero-order chi connectivity index (χ0) is 10.1. The predicted octanol–water partition coefficient (Wildman–Crippen LogP) is 1.10. The van der Waals surface area contributed by atoms with E-state index in [4.69, 9.17) is 17.3 Å². The summed E-state index contributed by atoms with van der Waals surface area (Å²) in [5.41, 5.74) is 7.86. The Labute approximate surface area is 87.4 Å². The van der Waals surface area contributed by atoms with Crippen molar-refractivity contribution in [2.75, 3.05) is 10.8 Å². The van der Waals surface area contributed by atoms with Gasteiger partial charge < -0.3 is 5.73 Å². The van der Waals surface area contributed by atoms with E-state index in [2.05, 4.69) is 0 Å². The number of halogens is 1. The Morgan fingerprint density at radius 2 is 2.29 bits per heavy atom. The van der Waals surface area contributed by atoms with E-state index in [0.29, 0.717) is 6.42 Å². The highest BCUT2D eigenvalue weighted by molar-refractivity contribution is 6.29. The number of nitrogens with zero attached hydrogens (tertiary/aromatic N) is 1. The first kappa shape index (κ1) is 9.49. The quantitative estimate of drug-likeness (QED) is 0.706. The van der Waals surface area contributed by atoms with Crippen molar-refractivity contribution in [2.24, 2.45) is 5.73 Å². The Kier molecular flexibility index (Phi) is 2.44. The lowest BCUT2D eigenvalue weighted by Crippen LogP contribution is -2.44. The van der Waals surface area contributed by atoms with Crippen LogP contribution in [0.25, 0.3) is 0 Å². The molecule has 0 spiro atoms. The molecule has 0 saturated carbocycles. The second-order valence-corrected chi connectivity index (χ2v) is 3.56. The topological polar surface area (TPSA) is 46.3 Å². The van der Waals surface area contributed by atoms with Crippen LogP contribution in [0.15, 0.2) is 24.3 Å². The maximum Gasteiger partial charge on any atom is 0.243 e. The molecule has 0 saturated heterocycles. The molecule has 0 aromatic heterocycles. The fourth-order valence-electron chi connectivity index (χ4n) is 1.80. The SMILES string of the molecule is NC1Cc2ccccc2N1C(=O)CCl. The zero-order valence-corrected chi connectivity index (χ0v) is 8.37. The van der Waals surface area contributed by atoms with E-state index in [1.807, 2.05) is 24.3 Å². The summed E-state index contributed by atoms with van der Waals surface area (Å²) >= 11 is 5.52. The minimum Gasteiger partial charge on any atom is -0.311 e. The van der Waals surface area contributed by atoms with Crippen molar-refractivity contribution in [2.45, 2.75) is 12.6 Å². The molecule has 2 N–H and O–H groups in total. The first-order valence-corrected chi connectivity index (χ1v) is 4.99. The molecule has 1 atom stereocenters. The van der Waals surface area contributed by atoms with Gasteiger partial charge in [-0.15, -0.1) is 11.6 Å². The average Bonchev–Trinajstić information content (AvgIpc) is 2.53. The molecule has 4 heteroatoms. The van der Waals surface area contributed by atoms with E-state index >= 15 is 0 Å². The van der Waals surface area contributed by atoms with Crippen LogP contribution in [0.1, 0.15) is 5.56 Å². The number of para-hydroxylation sites is 1. The molecule has 3 nitrogen and oxygen atoms in total. The fourth-order valence-corrected chi connectivity index (χ4v) is 1.93. The average molecular weight is 211 g/mol. The van der Waals surface area contributed by atoms with Crippen molar-refractivity contribution < 1.29 is 4.79 Å². The standard InChI is InChI=1S/C10H11ClN2O/c11-6-10(14)13-8-4-2-1-3-7(8)5-9(13)12/h1-4,9H,5-6,12H2. The lowest BCUT2D eigenvalue weighted by atomic mass is 10.2.